The van der Waals surface area contributed by atoms with Gasteiger partial charge in [-0.3, -0.25) is 4.79 Å². The number of carboxylic acids is 1. The molecule has 4 fully saturated rings. The molecule has 0 radical (unpaired) electrons. The van der Waals surface area contributed by atoms with E-state index in [1.165, 1.54) is 6.07 Å². The van der Waals surface area contributed by atoms with Gasteiger partial charge in [-0.25, -0.2) is 9.59 Å². The summed E-state index contributed by atoms with van der Waals surface area (Å²) in [5.74, 6) is 1.15. The lowest BCUT2D eigenvalue weighted by molar-refractivity contribution is -0.180. The van der Waals surface area contributed by atoms with E-state index in [4.69, 9.17) is 9.47 Å². The van der Waals surface area contributed by atoms with E-state index in [0.717, 1.165) is 57.8 Å². The molecular formula is C38H52O6. The van der Waals surface area contributed by atoms with Crippen molar-refractivity contribution in [2.75, 3.05) is 7.11 Å². The van der Waals surface area contributed by atoms with Gasteiger partial charge in [-0.2, -0.15) is 0 Å². The number of hydrogen-bond donors (Lipinski definition) is 1. The molecule has 0 aromatic heterocycles. The van der Waals surface area contributed by atoms with E-state index in [1.54, 1.807) is 30.9 Å². The number of carbonyl (C=O) groups excluding carboxylic acids is 2. The predicted molar refractivity (Wildman–Crippen MR) is 169 cm³/mol. The highest BCUT2D eigenvalue weighted by Crippen LogP contribution is 2.71. The summed E-state index contributed by atoms with van der Waals surface area (Å²) in [6.07, 6.45) is 11.3. The third kappa shape index (κ3) is 4.35. The Morgan fingerprint density at radius 1 is 0.864 bits per heavy atom. The molecule has 1 aromatic rings. The van der Waals surface area contributed by atoms with Gasteiger partial charge in [0, 0.05) is 5.41 Å². The molecule has 10 atom stereocenters. The summed E-state index contributed by atoms with van der Waals surface area (Å²) in [6, 6.07) is 6.34. The van der Waals surface area contributed by atoms with Crippen LogP contribution in [0.25, 0.3) is 0 Å². The van der Waals surface area contributed by atoms with Crippen LogP contribution in [0.15, 0.2) is 35.9 Å². The summed E-state index contributed by atoms with van der Waals surface area (Å²) in [5, 5.41) is 9.63. The second-order valence-electron chi connectivity index (χ2n) is 16.3. The summed E-state index contributed by atoms with van der Waals surface area (Å²) in [6.45, 7) is 14.3. The Hall–Kier alpha value is -2.63. The number of esters is 2. The maximum atomic E-state index is 13.5. The summed E-state index contributed by atoms with van der Waals surface area (Å²) in [7, 11) is 1.57. The molecule has 0 aliphatic heterocycles. The predicted octanol–water partition coefficient (Wildman–Crippen LogP) is 8.35. The molecule has 0 heterocycles. The van der Waals surface area contributed by atoms with E-state index in [0.29, 0.717) is 29.6 Å². The smallest absolute Gasteiger partial charge is 0.339 e. The third-order valence-corrected chi connectivity index (χ3v) is 14.3. The quantitative estimate of drug-likeness (QED) is 0.274. The fourth-order valence-corrected chi connectivity index (χ4v) is 11.8. The largest absolute Gasteiger partial charge is 0.478 e. The van der Waals surface area contributed by atoms with Crippen LogP contribution in [0, 0.1) is 57.2 Å². The Kier molecular flexibility index (Phi) is 7.65. The van der Waals surface area contributed by atoms with Crippen molar-refractivity contribution in [1.82, 2.24) is 0 Å². The number of methoxy groups -OCH3 is 1. The summed E-state index contributed by atoms with van der Waals surface area (Å²) in [5.41, 5.74) is 1.23. The Bertz CT molecular complexity index is 1380. The van der Waals surface area contributed by atoms with Gasteiger partial charge in [-0.1, -0.05) is 65.3 Å². The third-order valence-electron chi connectivity index (χ3n) is 14.3. The second-order valence-corrected chi connectivity index (χ2v) is 16.3. The molecular weight excluding hydrogens is 552 g/mol. The lowest BCUT2D eigenvalue weighted by Gasteiger charge is -2.67. The van der Waals surface area contributed by atoms with E-state index in [9.17, 15) is 19.5 Å². The molecule has 5 aliphatic rings. The maximum Gasteiger partial charge on any atom is 0.339 e. The zero-order chi connectivity index (χ0) is 31.8. The molecule has 5 aliphatic carbocycles. The van der Waals surface area contributed by atoms with Crippen LogP contribution in [0.1, 0.15) is 120 Å². The van der Waals surface area contributed by atoms with Crippen molar-refractivity contribution in [1.29, 1.82) is 0 Å². The molecule has 1 aromatic carbocycles. The molecule has 1 N–H and O–H groups in total. The fourth-order valence-electron chi connectivity index (χ4n) is 11.8. The van der Waals surface area contributed by atoms with Crippen LogP contribution in [0.4, 0.5) is 0 Å². The molecule has 6 heteroatoms. The Labute approximate surface area is 263 Å². The van der Waals surface area contributed by atoms with Gasteiger partial charge >= 0.3 is 17.9 Å². The van der Waals surface area contributed by atoms with Crippen LogP contribution < -0.4 is 0 Å². The maximum absolute atomic E-state index is 13.5. The van der Waals surface area contributed by atoms with Crippen molar-refractivity contribution in [2.24, 2.45) is 57.2 Å². The monoisotopic (exact) mass is 604 g/mol. The minimum absolute atomic E-state index is 0.00240. The van der Waals surface area contributed by atoms with Crippen molar-refractivity contribution in [3.63, 3.8) is 0 Å². The van der Waals surface area contributed by atoms with Crippen LogP contribution in [0.5, 0.6) is 0 Å². The number of ether oxygens (including phenoxy) is 2. The number of carboxylic acid groups (broad SMARTS) is 1. The normalized spacial score (nSPS) is 42.3. The van der Waals surface area contributed by atoms with Gasteiger partial charge in [0.05, 0.1) is 23.7 Å². The van der Waals surface area contributed by atoms with Crippen LogP contribution in [0.3, 0.4) is 0 Å². The van der Waals surface area contributed by atoms with Gasteiger partial charge in [0.15, 0.2) is 0 Å². The minimum Gasteiger partial charge on any atom is -0.478 e. The van der Waals surface area contributed by atoms with Crippen LogP contribution >= 0.6 is 0 Å². The second kappa shape index (κ2) is 10.7. The highest BCUT2D eigenvalue weighted by molar-refractivity contribution is 6.02. The molecule has 0 spiro atoms. The lowest BCUT2D eigenvalue weighted by Crippen LogP contribution is -2.62. The Morgan fingerprint density at radius 3 is 2.25 bits per heavy atom. The van der Waals surface area contributed by atoms with Gasteiger partial charge in [-0.05, 0) is 116 Å². The first-order valence-corrected chi connectivity index (χ1v) is 17.0. The van der Waals surface area contributed by atoms with E-state index in [-0.39, 0.29) is 50.8 Å². The molecule has 240 valence electrons. The molecule has 1 unspecified atom stereocenters. The van der Waals surface area contributed by atoms with Crippen LogP contribution in [0.2, 0.25) is 0 Å². The van der Waals surface area contributed by atoms with E-state index in [2.05, 4.69) is 47.6 Å². The number of fused-ring (bicyclic) bond motifs is 7. The summed E-state index contributed by atoms with van der Waals surface area (Å²) in [4.78, 5) is 38.6. The minimum atomic E-state index is -1.12. The van der Waals surface area contributed by atoms with E-state index in [1.807, 2.05) is 0 Å². The number of aromatic carboxylic acids is 1. The van der Waals surface area contributed by atoms with Crippen LogP contribution in [-0.2, 0) is 14.3 Å². The standard InChI is InChI=1S/C38H52O6/c1-22-16-19-38(34(42)43-7)21-20-36(5)26-14-15-29-35(3,4)30(44-33(41)25-11-9-8-10-24(25)32(39)40)17-18-37(29,6)27(26)12-13-28(36)31(38)23(22)2/h8-11,13,22-23,26-27,29-31H,12,14-21H2,1-7H3,(H,39,40)/t22-,23+,26?,27+,29+,30+,31+,36+,37-,38+/m1/s1. The van der Waals surface area contributed by atoms with Gasteiger partial charge in [0.25, 0.3) is 0 Å². The molecule has 6 rings (SSSR count). The first-order chi connectivity index (χ1) is 20.7. The van der Waals surface area contributed by atoms with Crippen LogP contribution in [-0.4, -0.2) is 36.2 Å². The molecule has 44 heavy (non-hydrogen) atoms. The Balaban J connectivity index is 1.29. The highest BCUT2D eigenvalue weighted by atomic mass is 16.5. The average Bonchev–Trinajstić information content (AvgIpc) is 2.99. The first kappa shape index (κ1) is 31.4. The topological polar surface area (TPSA) is 89.9 Å². The number of carbonyl (C=O) groups is 3. The molecule has 0 saturated heterocycles. The van der Waals surface area contributed by atoms with Crippen molar-refractivity contribution in [3.8, 4) is 0 Å². The number of allylic oxidation sites excluding steroid dienone is 2. The lowest BCUT2D eigenvalue weighted by atomic mass is 9.37. The van der Waals surface area contributed by atoms with E-state index < -0.39 is 11.9 Å². The Morgan fingerprint density at radius 2 is 1.57 bits per heavy atom. The SMILES string of the molecule is COC(=O)[C@]12CC[C@@H](C)[C@H](C)[C@H]1C1=CC[C@H]3C(CC[C@H]4C(C)(C)[C@@H](OC(=O)c5ccccc5C(=O)O)CC[C@]34C)[C@]1(C)CC2. The number of rotatable bonds is 4. The van der Waals surface area contributed by atoms with E-state index >= 15 is 0 Å². The van der Waals surface area contributed by atoms with Gasteiger partial charge < -0.3 is 14.6 Å². The number of hydrogen-bond acceptors (Lipinski definition) is 5. The van der Waals surface area contributed by atoms with Gasteiger partial charge in [0.2, 0.25) is 0 Å². The molecule has 6 nitrogen and oxygen atoms in total. The molecule has 0 amide bonds. The van der Waals surface area contributed by atoms with Gasteiger partial charge in [-0.15, -0.1) is 0 Å². The summed E-state index contributed by atoms with van der Waals surface area (Å²) >= 11 is 0. The van der Waals surface area contributed by atoms with Crippen molar-refractivity contribution < 1.29 is 29.0 Å². The zero-order valence-electron chi connectivity index (χ0n) is 27.8. The highest BCUT2D eigenvalue weighted by Gasteiger charge is 2.66. The number of benzene rings is 1. The average molecular weight is 605 g/mol. The summed E-state index contributed by atoms with van der Waals surface area (Å²) < 4.78 is 11.7. The van der Waals surface area contributed by atoms with Gasteiger partial charge in [0.1, 0.15) is 6.10 Å². The molecule has 0 bridgehead atoms. The first-order valence-electron chi connectivity index (χ1n) is 17.0. The van der Waals surface area contributed by atoms with Crippen molar-refractivity contribution in [2.45, 2.75) is 105 Å². The molecule has 4 saturated carbocycles. The fraction of sp³-hybridized carbons (Fsp3) is 0.711. The zero-order valence-corrected chi connectivity index (χ0v) is 27.8. The van der Waals surface area contributed by atoms with Crippen molar-refractivity contribution >= 4 is 17.9 Å². The van der Waals surface area contributed by atoms with Crippen molar-refractivity contribution in [3.05, 3.63) is 47.0 Å².